The smallest absolute Gasteiger partial charge is 0.244 e. The van der Waals surface area contributed by atoms with Crippen molar-refractivity contribution >= 4 is 5.91 Å². The lowest BCUT2D eigenvalue weighted by Gasteiger charge is -2.13. The van der Waals surface area contributed by atoms with Crippen LogP contribution in [0, 0.1) is 0 Å². The zero-order valence-electron chi connectivity index (χ0n) is 12.7. The van der Waals surface area contributed by atoms with Gasteiger partial charge in [0.2, 0.25) is 5.91 Å². The normalized spacial score (nSPS) is 14.4. The van der Waals surface area contributed by atoms with Crippen LogP contribution in [0.4, 0.5) is 0 Å². The van der Waals surface area contributed by atoms with Crippen LogP contribution < -0.4 is 10.1 Å². The van der Waals surface area contributed by atoms with Crippen LogP contribution in [0.2, 0.25) is 0 Å². The number of hydrogen-bond donors (Lipinski definition) is 1. The van der Waals surface area contributed by atoms with E-state index >= 15 is 0 Å². The molecular formula is C16H20N4O2. The van der Waals surface area contributed by atoms with E-state index in [2.05, 4.69) is 27.5 Å². The first-order valence-electron chi connectivity index (χ1n) is 7.60. The molecule has 6 heteroatoms. The molecule has 1 aliphatic carbocycles. The third kappa shape index (κ3) is 3.27. The molecule has 22 heavy (non-hydrogen) atoms. The van der Waals surface area contributed by atoms with Crippen molar-refractivity contribution in [1.82, 2.24) is 20.1 Å². The van der Waals surface area contributed by atoms with Crippen LogP contribution in [0.1, 0.15) is 30.5 Å². The van der Waals surface area contributed by atoms with Gasteiger partial charge < -0.3 is 10.1 Å². The third-order valence-corrected chi connectivity index (χ3v) is 3.95. The molecular weight excluding hydrogens is 280 g/mol. The number of carbonyl (C=O) groups excluding carboxylic acids is 1. The average molecular weight is 300 g/mol. The molecule has 1 heterocycles. The Hall–Kier alpha value is -2.37. The molecule has 1 amide bonds. The van der Waals surface area contributed by atoms with Gasteiger partial charge in [0.15, 0.2) is 0 Å². The van der Waals surface area contributed by atoms with Gasteiger partial charge >= 0.3 is 0 Å². The van der Waals surface area contributed by atoms with Crippen molar-refractivity contribution in [1.29, 1.82) is 0 Å². The van der Waals surface area contributed by atoms with E-state index in [0.29, 0.717) is 13.2 Å². The Kier molecular flexibility index (Phi) is 4.37. The Balaban J connectivity index is 1.43. The standard InChI is InChI=1S/C16H20N4O2/c1-12(20-11-17-10-19-20)16(21)18-7-8-22-15-6-5-13-3-2-4-14(13)9-15/h5-6,9-12H,2-4,7-8H2,1H3,(H,18,21)/t12-/m1/s1. The highest BCUT2D eigenvalue weighted by atomic mass is 16.5. The second kappa shape index (κ2) is 6.60. The number of nitrogens with one attached hydrogen (secondary N) is 1. The summed E-state index contributed by atoms with van der Waals surface area (Å²) < 4.78 is 7.23. The van der Waals surface area contributed by atoms with Gasteiger partial charge in [-0.2, -0.15) is 5.10 Å². The van der Waals surface area contributed by atoms with Crippen molar-refractivity contribution in [2.75, 3.05) is 13.2 Å². The summed E-state index contributed by atoms with van der Waals surface area (Å²) in [7, 11) is 0. The van der Waals surface area contributed by atoms with Gasteiger partial charge in [-0.3, -0.25) is 4.79 Å². The maximum absolute atomic E-state index is 12.0. The minimum atomic E-state index is -0.373. The van der Waals surface area contributed by atoms with E-state index in [1.165, 1.54) is 41.3 Å². The molecule has 1 N–H and O–H groups in total. The zero-order valence-corrected chi connectivity index (χ0v) is 12.7. The lowest BCUT2D eigenvalue weighted by Crippen LogP contribution is -2.34. The van der Waals surface area contributed by atoms with Crippen LogP contribution in [-0.2, 0) is 17.6 Å². The number of amides is 1. The minimum Gasteiger partial charge on any atom is -0.492 e. The summed E-state index contributed by atoms with van der Waals surface area (Å²) in [5.41, 5.74) is 2.82. The van der Waals surface area contributed by atoms with Crippen molar-refractivity contribution in [2.24, 2.45) is 0 Å². The van der Waals surface area contributed by atoms with Crippen LogP contribution >= 0.6 is 0 Å². The van der Waals surface area contributed by atoms with Gasteiger partial charge in [-0.25, -0.2) is 9.67 Å². The molecule has 0 unspecified atom stereocenters. The predicted octanol–water partition coefficient (Wildman–Crippen LogP) is 1.52. The Morgan fingerprint density at radius 3 is 3.09 bits per heavy atom. The van der Waals surface area contributed by atoms with Gasteiger partial charge in [0.05, 0.1) is 6.54 Å². The van der Waals surface area contributed by atoms with Crippen LogP contribution in [-0.4, -0.2) is 33.8 Å². The summed E-state index contributed by atoms with van der Waals surface area (Å²) in [5, 5.41) is 6.80. The van der Waals surface area contributed by atoms with E-state index in [0.717, 1.165) is 12.2 Å². The molecule has 0 saturated heterocycles. The van der Waals surface area contributed by atoms with Gasteiger partial charge in [0.1, 0.15) is 31.1 Å². The Labute approximate surface area is 129 Å². The number of rotatable bonds is 6. The second-order valence-corrected chi connectivity index (χ2v) is 5.48. The van der Waals surface area contributed by atoms with E-state index < -0.39 is 0 Å². The van der Waals surface area contributed by atoms with Gasteiger partial charge in [-0.1, -0.05) is 6.07 Å². The number of ether oxygens (including phenoxy) is 1. The van der Waals surface area contributed by atoms with Crippen molar-refractivity contribution < 1.29 is 9.53 Å². The molecule has 1 aromatic heterocycles. The van der Waals surface area contributed by atoms with Crippen molar-refractivity contribution in [3.8, 4) is 5.75 Å². The highest BCUT2D eigenvalue weighted by Gasteiger charge is 2.15. The summed E-state index contributed by atoms with van der Waals surface area (Å²) >= 11 is 0. The molecule has 0 saturated carbocycles. The predicted molar refractivity (Wildman–Crippen MR) is 81.7 cm³/mol. The number of nitrogens with zero attached hydrogens (tertiary/aromatic N) is 3. The summed E-state index contributed by atoms with van der Waals surface area (Å²) in [6.45, 7) is 2.70. The van der Waals surface area contributed by atoms with Gasteiger partial charge in [0.25, 0.3) is 0 Å². The maximum atomic E-state index is 12.0. The Morgan fingerprint density at radius 1 is 1.41 bits per heavy atom. The number of hydrogen-bond acceptors (Lipinski definition) is 4. The minimum absolute atomic E-state index is 0.0944. The molecule has 0 fully saturated rings. The fourth-order valence-electron chi connectivity index (χ4n) is 2.67. The SMILES string of the molecule is C[C@H](C(=O)NCCOc1ccc2c(c1)CCC2)n1cncn1. The number of carbonyl (C=O) groups is 1. The van der Waals surface area contributed by atoms with Crippen molar-refractivity contribution in [3.05, 3.63) is 42.0 Å². The molecule has 0 bridgehead atoms. The second-order valence-electron chi connectivity index (χ2n) is 5.48. The molecule has 0 aliphatic heterocycles. The zero-order chi connectivity index (χ0) is 15.4. The Bertz CT molecular complexity index is 640. The fraction of sp³-hybridized carbons (Fsp3) is 0.438. The number of aryl methyl sites for hydroxylation is 2. The van der Waals surface area contributed by atoms with Crippen LogP contribution in [0.5, 0.6) is 5.75 Å². The quantitative estimate of drug-likeness (QED) is 0.821. The van der Waals surface area contributed by atoms with E-state index in [-0.39, 0.29) is 11.9 Å². The van der Waals surface area contributed by atoms with Crippen molar-refractivity contribution in [3.63, 3.8) is 0 Å². The number of fused-ring (bicyclic) bond motifs is 1. The molecule has 6 nitrogen and oxygen atoms in total. The Morgan fingerprint density at radius 2 is 2.27 bits per heavy atom. The van der Waals surface area contributed by atoms with Crippen molar-refractivity contribution in [2.45, 2.75) is 32.2 Å². The van der Waals surface area contributed by atoms with Crippen LogP contribution in [0.15, 0.2) is 30.9 Å². The van der Waals surface area contributed by atoms with Crippen LogP contribution in [0.25, 0.3) is 0 Å². The highest BCUT2D eigenvalue weighted by molar-refractivity contribution is 5.79. The molecule has 3 rings (SSSR count). The van der Waals surface area contributed by atoms with E-state index in [1.807, 2.05) is 6.07 Å². The maximum Gasteiger partial charge on any atom is 0.244 e. The topological polar surface area (TPSA) is 69.0 Å². The summed E-state index contributed by atoms with van der Waals surface area (Å²) in [6.07, 6.45) is 6.49. The number of aromatic nitrogens is 3. The van der Waals surface area contributed by atoms with E-state index in [1.54, 1.807) is 6.92 Å². The van der Waals surface area contributed by atoms with E-state index in [4.69, 9.17) is 4.74 Å². The monoisotopic (exact) mass is 300 g/mol. The molecule has 0 radical (unpaired) electrons. The molecule has 116 valence electrons. The first kappa shape index (κ1) is 14.6. The first-order chi connectivity index (χ1) is 10.7. The first-order valence-corrected chi connectivity index (χ1v) is 7.60. The average Bonchev–Trinajstić information content (AvgIpc) is 3.20. The lowest BCUT2D eigenvalue weighted by molar-refractivity contribution is -0.124. The summed E-state index contributed by atoms with van der Waals surface area (Å²) in [6, 6.07) is 5.89. The summed E-state index contributed by atoms with van der Waals surface area (Å²) in [5.74, 6) is 0.780. The molecule has 1 aliphatic rings. The fourth-order valence-corrected chi connectivity index (χ4v) is 2.67. The van der Waals surface area contributed by atoms with Gasteiger partial charge in [-0.15, -0.1) is 0 Å². The molecule has 0 spiro atoms. The lowest BCUT2D eigenvalue weighted by atomic mass is 10.1. The highest BCUT2D eigenvalue weighted by Crippen LogP contribution is 2.25. The van der Waals surface area contributed by atoms with Gasteiger partial charge in [0, 0.05) is 0 Å². The molecule has 2 aromatic rings. The molecule has 1 atom stereocenters. The van der Waals surface area contributed by atoms with E-state index in [9.17, 15) is 4.79 Å². The van der Waals surface area contributed by atoms with Gasteiger partial charge in [-0.05, 0) is 49.4 Å². The summed E-state index contributed by atoms with van der Waals surface area (Å²) in [4.78, 5) is 15.8. The number of benzene rings is 1. The largest absolute Gasteiger partial charge is 0.492 e. The third-order valence-electron chi connectivity index (χ3n) is 3.95. The van der Waals surface area contributed by atoms with Crippen LogP contribution in [0.3, 0.4) is 0 Å². The molecule has 1 aromatic carbocycles.